The van der Waals surface area contributed by atoms with Crippen LogP contribution in [-0.2, 0) is 0 Å². The maximum Gasteiger partial charge on any atom is 0.121 e. The van der Waals surface area contributed by atoms with Gasteiger partial charge in [-0.2, -0.15) is 5.26 Å². The lowest BCUT2D eigenvalue weighted by atomic mass is 10.3. The number of nitriles is 1. The molecule has 0 N–H and O–H groups in total. The Morgan fingerprint density at radius 1 is 1.28 bits per heavy atom. The van der Waals surface area contributed by atoms with Gasteiger partial charge in [-0.25, -0.2) is 4.98 Å². The third kappa shape index (κ3) is 2.76. The lowest BCUT2D eigenvalue weighted by molar-refractivity contribution is 0.414. The third-order valence-electron chi connectivity index (χ3n) is 2.25. The summed E-state index contributed by atoms with van der Waals surface area (Å²) in [4.78, 5) is 5.16. The smallest absolute Gasteiger partial charge is 0.121 e. The molecule has 1 heterocycles. The van der Waals surface area contributed by atoms with Crippen molar-refractivity contribution in [3.05, 3.63) is 47.1 Å². The first kappa shape index (κ1) is 12.7. The number of rotatable bonds is 3. The van der Waals surface area contributed by atoms with E-state index in [4.69, 9.17) is 21.6 Å². The first-order valence-electron chi connectivity index (χ1n) is 5.11. The van der Waals surface area contributed by atoms with Crippen LogP contribution in [0.25, 0.3) is 0 Å². The molecule has 0 radical (unpaired) electrons. The van der Waals surface area contributed by atoms with Gasteiger partial charge in [-0.1, -0.05) is 23.4 Å². The second-order valence-corrected chi connectivity index (χ2v) is 4.81. The Morgan fingerprint density at radius 2 is 2.00 bits per heavy atom. The SMILES string of the molecule is COc1ccc(Sc2nccc(C#N)c2Cl)cc1. The number of pyridine rings is 1. The number of hydrogen-bond acceptors (Lipinski definition) is 4. The molecule has 0 spiro atoms. The normalized spacial score (nSPS) is 9.83. The van der Waals surface area contributed by atoms with Gasteiger partial charge >= 0.3 is 0 Å². The van der Waals surface area contributed by atoms with Crippen LogP contribution >= 0.6 is 23.4 Å². The fraction of sp³-hybridized carbons (Fsp3) is 0.0769. The average Bonchev–Trinajstić information content (AvgIpc) is 2.42. The van der Waals surface area contributed by atoms with Crippen LogP contribution in [0.3, 0.4) is 0 Å². The highest BCUT2D eigenvalue weighted by atomic mass is 35.5. The number of methoxy groups -OCH3 is 1. The first-order chi connectivity index (χ1) is 8.74. The number of halogens is 1. The van der Waals surface area contributed by atoms with Gasteiger partial charge in [0.2, 0.25) is 0 Å². The van der Waals surface area contributed by atoms with Crippen LogP contribution < -0.4 is 4.74 Å². The lowest BCUT2D eigenvalue weighted by Crippen LogP contribution is -1.86. The predicted molar refractivity (Wildman–Crippen MR) is 71.1 cm³/mol. The molecular formula is C13H9ClN2OS. The van der Waals surface area contributed by atoms with Gasteiger partial charge in [0.05, 0.1) is 17.7 Å². The summed E-state index contributed by atoms with van der Waals surface area (Å²) in [5.41, 5.74) is 0.433. The second-order valence-electron chi connectivity index (χ2n) is 3.37. The summed E-state index contributed by atoms with van der Waals surface area (Å²) < 4.78 is 5.09. The Hall–Kier alpha value is -1.70. The number of benzene rings is 1. The summed E-state index contributed by atoms with van der Waals surface area (Å²) in [5, 5.41) is 9.90. The van der Waals surface area contributed by atoms with Gasteiger partial charge in [-0.3, -0.25) is 0 Å². The van der Waals surface area contributed by atoms with Crippen molar-refractivity contribution in [3.8, 4) is 11.8 Å². The molecule has 0 amide bonds. The van der Waals surface area contributed by atoms with Gasteiger partial charge in [-0.15, -0.1) is 0 Å². The Bertz CT molecular complexity index is 593. The van der Waals surface area contributed by atoms with Crippen LogP contribution in [0.4, 0.5) is 0 Å². The molecule has 0 unspecified atom stereocenters. The minimum absolute atomic E-state index is 0.390. The van der Waals surface area contributed by atoms with Crippen molar-refractivity contribution in [2.24, 2.45) is 0 Å². The zero-order valence-electron chi connectivity index (χ0n) is 9.55. The molecule has 0 fully saturated rings. The molecule has 5 heteroatoms. The van der Waals surface area contributed by atoms with E-state index in [1.54, 1.807) is 19.4 Å². The largest absolute Gasteiger partial charge is 0.497 e. The van der Waals surface area contributed by atoms with Crippen LogP contribution in [0.15, 0.2) is 46.5 Å². The molecule has 2 aromatic rings. The zero-order valence-corrected chi connectivity index (χ0v) is 11.1. The topological polar surface area (TPSA) is 45.9 Å². The zero-order chi connectivity index (χ0) is 13.0. The minimum Gasteiger partial charge on any atom is -0.497 e. The van der Waals surface area contributed by atoms with Gasteiger partial charge in [0.1, 0.15) is 16.8 Å². The van der Waals surface area contributed by atoms with Crippen LogP contribution in [0.1, 0.15) is 5.56 Å². The van der Waals surface area contributed by atoms with Crippen LogP contribution in [-0.4, -0.2) is 12.1 Å². The molecule has 0 saturated carbocycles. The van der Waals surface area contributed by atoms with Crippen molar-refractivity contribution in [3.63, 3.8) is 0 Å². The van der Waals surface area contributed by atoms with Crippen molar-refractivity contribution in [1.29, 1.82) is 5.26 Å². The van der Waals surface area contributed by atoms with Gasteiger partial charge in [0.25, 0.3) is 0 Å². The molecule has 0 aliphatic carbocycles. The standard InChI is InChI=1S/C13H9ClN2OS/c1-17-10-2-4-11(5-3-10)18-13-12(14)9(8-15)6-7-16-13/h2-7H,1H3. The van der Waals surface area contributed by atoms with E-state index >= 15 is 0 Å². The Kier molecular flexibility index (Phi) is 4.08. The quantitative estimate of drug-likeness (QED) is 0.856. The summed E-state index contributed by atoms with van der Waals surface area (Å²) in [6, 6.07) is 11.2. The molecule has 3 nitrogen and oxygen atoms in total. The van der Waals surface area contributed by atoms with Gasteiger partial charge in [-0.05, 0) is 30.3 Å². The highest BCUT2D eigenvalue weighted by molar-refractivity contribution is 7.99. The Labute approximate surface area is 114 Å². The molecule has 0 saturated heterocycles. The maximum absolute atomic E-state index is 8.89. The maximum atomic E-state index is 8.89. The number of nitrogens with zero attached hydrogens (tertiary/aromatic N) is 2. The van der Waals surface area contributed by atoms with Gasteiger partial charge in [0, 0.05) is 11.1 Å². The molecule has 1 aromatic heterocycles. The van der Waals surface area contributed by atoms with Crippen molar-refractivity contribution in [1.82, 2.24) is 4.98 Å². The van der Waals surface area contributed by atoms with E-state index in [1.165, 1.54) is 11.8 Å². The highest BCUT2D eigenvalue weighted by Crippen LogP contribution is 2.33. The molecule has 90 valence electrons. The van der Waals surface area contributed by atoms with E-state index in [0.717, 1.165) is 10.6 Å². The van der Waals surface area contributed by atoms with E-state index in [9.17, 15) is 0 Å². The van der Waals surface area contributed by atoms with Crippen LogP contribution in [0.2, 0.25) is 5.02 Å². The molecule has 18 heavy (non-hydrogen) atoms. The fourth-order valence-electron chi connectivity index (χ4n) is 1.34. The first-order valence-corrected chi connectivity index (χ1v) is 6.30. The van der Waals surface area contributed by atoms with Crippen molar-refractivity contribution < 1.29 is 4.74 Å². The van der Waals surface area contributed by atoms with E-state index in [0.29, 0.717) is 15.6 Å². The molecule has 1 aromatic carbocycles. The van der Waals surface area contributed by atoms with Crippen molar-refractivity contribution in [2.45, 2.75) is 9.92 Å². The predicted octanol–water partition coefficient (Wildman–Crippen LogP) is 3.77. The lowest BCUT2D eigenvalue weighted by Gasteiger charge is -2.05. The van der Waals surface area contributed by atoms with E-state index in [1.807, 2.05) is 30.3 Å². The monoisotopic (exact) mass is 276 g/mol. The third-order valence-corrected chi connectivity index (χ3v) is 3.76. The Balaban J connectivity index is 2.26. The van der Waals surface area contributed by atoms with E-state index < -0.39 is 0 Å². The number of aromatic nitrogens is 1. The highest BCUT2D eigenvalue weighted by Gasteiger charge is 2.08. The minimum atomic E-state index is 0.390. The van der Waals surface area contributed by atoms with Gasteiger partial charge < -0.3 is 4.74 Å². The fourth-order valence-corrected chi connectivity index (χ4v) is 2.42. The van der Waals surface area contributed by atoms with Crippen LogP contribution in [0.5, 0.6) is 5.75 Å². The summed E-state index contributed by atoms with van der Waals surface area (Å²) >= 11 is 7.50. The molecule has 0 atom stereocenters. The summed E-state index contributed by atoms with van der Waals surface area (Å²) in [5.74, 6) is 0.796. The number of hydrogen-bond donors (Lipinski definition) is 0. The molecule has 0 aliphatic rings. The van der Waals surface area contributed by atoms with Crippen molar-refractivity contribution in [2.75, 3.05) is 7.11 Å². The molecular weight excluding hydrogens is 268 g/mol. The molecule has 0 bridgehead atoms. The summed E-state index contributed by atoms with van der Waals surface area (Å²) in [7, 11) is 1.62. The summed E-state index contributed by atoms with van der Waals surface area (Å²) in [6.07, 6.45) is 1.58. The second kappa shape index (κ2) is 5.76. The van der Waals surface area contributed by atoms with Gasteiger partial charge in [0.15, 0.2) is 0 Å². The van der Waals surface area contributed by atoms with Crippen LogP contribution in [0, 0.1) is 11.3 Å². The van der Waals surface area contributed by atoms with E-state index in [-0.39, 0.29) is 0 Å². The number of ether oxygens (including phenoxy) is 1. The van der Waals surface area contributed by atoms with Crippen molar-refractivity contribution >= 4 is 23.4 Å². The molecule has 2 rings (SSSR count). The average molecular weight is 277 g/mol. The van der Waals surface area contributed by atoms with E-state index in [2.05, 4.69) is 4.98 Å². The Morgan fingerprint density at radius 3 is 2.61 bits per heavy atom. The summed E-state index contributed by atoms with van der Waals surface area (Å²) in [6.45, 7) is 0. The molecule has 0 aliphatic heterocycles.